The van der Waals surface area contributed by atoms with E-state index in [1.165, 1.54) is 16.8 Å². The van der Waals surface area contributed by atoms with Gasteiger partial charge in [0.25, 0.3) is 12.3 Å². The first-order valence-electron chi connectivity index (χ1n) is 5.83. The highest BCUT2D eigenvalue weighted by molar-refractivity contribution is 6.04. The molecule has 0 aliphatic carbocycles. The summed E-state index contributed by atoms with van der Waals surface area (Å²) < 4.78 is 26.8. The number of amides is 1. The minimum absolute atomic E-state index is 0.0700. The van der Waals surface area contributed by atoms with Gasteiger partial charge in [-0.25, -0.2) is 13.5 Å². The van der Waals surface area contributed by atoms with Gasteiger partial charge in [-0.05, 0) is 41.5 Å². The lowest BCUT2D eigenvalue weighted by molar-refractivity contribution is 0.102. The van der Waals surface area contributed by atoms with Crippen LogP contribution >= 0.6 is 0 Å². The Morgan fingerprint density at radius 1 is 1.30 bits per heavy atom. The lowest BCUT2D eigenvalue weighted by Crippen LogP contribution is -2.17. The van der Waals surface area contributed by atoms with Crippen molar-refractivity contribution in [2.75, 3.05) is 5.32 Å². The fraction of sp³-hybridized carbons (Fsp3) is 0.333. The van der Waals surface area contributed by atoms with Crippen LogP contribution in [0.5, 0.6) is 0 Å². The van der Waals surface area contributed by atoms with Gasteiger partial charge in [0.05, 0.1) is 0 Å². The molecule has 0 unspecified atom stereocenters. The summed E-state index contributed by atoms with van der Waals surface area (Å²) in [4.78, 5) is 12.1. The number of hydrogen-bond donors (Lipinski definition) is 1. The number of alkyl halides is 2. The first kappa shape index (κ1) is 14.0. The summed E-state index contributed by atoms with van der Waals surface area (Å²) in [5.41, 5.74) is 1.16. The maximum Gasteiger partial charge on any atom is 0.264 e. The number of rotatable bonds is 3. The second kappa shape index (κ2) is 5.32. The molecule has 0 bridgehead atoms. The second-order valence-electron chi connectivity index (χ2n) is 4.33. The monoisotopic (exact) mass is 281 g/mol. The molecule has 2 rings (SSSR count). The van der Waals surface area contributed by atoms with Crippen LogP contribution in [0, 0.1) is 13.8 Å². The lowest BCUT2D eigenvalue weighted by atomic mass is 9.98. The Bertz CT molecular complexity index is 653. The van der Waals surface area contributed by atoms with Gasteiger partial charge in [-0.3, -0.25) is 10.1 Å². The van der Waals surface area contributed by atoms with Crippen molar-refractivity contribution < 1.29 is 13.6 Å². The van der Waals surface area contributed by atoms with Gasteiger partial charge in [-0.1, -0.05) is 11.2 Å². The van der Waals surface area contributed by atoms with Crippen LogP contribution in [0.4, 0.5) is 14.7 Å². The van der Waals surface area contributed by atoms with Crippen LogP contribution in [0.15, 0.2) is 12.1 Å². The molecule has 0 saturated carbocycles. The molecule has 6 nitrogen and oxygen atoms in total. The SMILES string of the molecule is Cc1c(C(=O)Nc2nnnn2C)ccc(C(F)F)c1C. The summed E-state index contributed by atoms with van der Waals surface area (Å²) in [6.07, 6.45) is -2.56. The van der Waals surface area contributed by atoms with Crippen molar-refractivity contribution in [1.29, 1.82) is 0 Å². The average molecular weight is 281 g/mol. The largest absolute Gasteiger partial charge is 0.289 e. The van der Waals surface area contributed by atoms with Crippen LogP contribution in [0.1, 0.15) is 33.5 Å². The van der Waals surface area contributed by atoms with E-state index in [1.54, 1.807) is 20.9 Å². The van der Waals surface area contributed by atoms with Crippen LogP contribution < -0.4 is 5.32 Å². The van der Waals surface area contributed by atoms with E-state index >= 15 is 0 Å². The summed E-state index contributed by atoms with van der Waals surface area (Å²) in [5, 5.41) is 13.1. The van der Waals surface area contributed by atoms with Crippen LogP contribution in [-0.4, -0.2) is 26.1 Å². The van der Waals surface area contributed by atoms with Gasteiger partial charge in [-0.2, -0.15) is 0 Å². The first-order chi connectivity index (χ1) is 9.41. The summed E-state index contributed by atoms with van der Waals surface area (Å²) in [6, 6.07) is 2.64. The molecule has 0 aliphatic heterocycles. The Balaban J connectivity index is 2.32. The average Bonchev–Trinajstić information content (AvgIpc) is 2.77. The fourth-order valence-electron chi connectivity index (χ4n) is 1.83. The van der Waals surface area contributed by atoms with Gasteiger partial charge in [0.15, 0.2) is 0 Å². The molecule has 0 atom stereocenters. The fourth-order valence-corrected chi connectivity index (χ4v) is 1.83. The number of nitrogens with zero attached hydrogens (tertiary/aromatic N) is 4. The van der Waals surface area contributed by atoms with E-state index in [0.29, 0.717) is 16.7 Å². The molecule has 0 spiro atoms. The Morgan fingerprint density at radius 2 is 2.00 bits per heavy atom. The number of benzene rings is 1. The molecule has 106 valence electrons. The van der Waals surface area contributed by atoms with Crippen molar-refractivity contribution in [1.82, 2.24) is 20.2 Å². The molecule has 0 aliphatic rings. The van der Waals surface area contributed by atoms with Crippen molar-refractivity contribution in [3.63, 3.8) is 0 Å². The minimum Gasteiger partial charge on any atom is -0.289 e. The third kappa shape index (κ3) is 2.49. The highest BCUT2D eigenvalue weighted by Gasteiger charge is 2.18. The maximum atomic E-state index is 12.8. The predicted octanol–water partition coefficient (Wildman–Crippen LogP) is 2.02. The van der Waals surface area contributed by atoms with E-state index in [0.717, 1.165) is 0 Å². The quantitative estimate of drug-likeness (QED) is 0.934. The molecule has 1 amide bonds. The van der Waals surface area contributed by atoms with Crippen LogP contribution in [-0.2, 0) is 7.05 Å². The van der Waals surface area contributed by atoms with E-state index in [1.807, 2.05) is 0 Å². The van der Waals surface area contributed by atoms with Gasteiger partial charge >= 0.3 is 0 Å². The van der Waals surface area contributed by atoms with Gasteiger partial charge in [0.2, 0.25) is 5.95 Å². The molecule has 2 aromatic rings. The van der Waals surface area contributed by atoms with Crippen molar-refractivity contribution in [2.24, 2.45) is 7.05 Å². The third-order valence-electron chi connectivity index (χ3n) is 3.15. The van der Waals surface area contributed by atoms with Gasteiger partial charge in [0, 0.05) is 18.2 Å². The maximum absolute atomic E-state index is 12.8. The predicted molar refractivity (Wildman–Crippen MR) is 67.6 cm³/mol. The molecule has 0 saturated heterocycles. The molecule has 0 radical (unpaired) electrons. The first-order valence-corrected chi connectivity index (χ1v) is 5.83. The number of tetrazole rings is 1. The number of nitrogens with one attached hydrogen (secondary N) is 1. The van der Waals surface area contributed by atoms with E-state index in [2.05, 4.69) is 20.8 Å². The normalized spacial score (nSPS) is 10.9. The minimum atomic E-state index is -2.56. The Morgan fingerprint density at radius 3 is 2.55 bits per heavy atom. The zero-order valence-corrected chi connectivity index (χ0v) is 11.2. The molecule has 0 fully saturated rings. The molecule has 1 aromatic carbocycles. The van der Waals surface area contributed by atoms with Gasteiger partial charge in [0.1, 0.15) is 0 Å². The van der Waals surface area contributed by atoms with Crippen molar-refractivity contribution in [3.8, 4) is 0 Å². The zero-order chi connectivity index (χ0) is 14.9. The van der Waals surface area contributed by atoms with E-state index in [-0.39, 0.29) is 11.5 Å². The molecule has 8 heteroatoms. The van der Waals surface area contributed by atoms with Gasteiger partial charge < -0.3 is 0 Å². The molecule has 20 heavy (non-hydrogen) atoms. The van der Waals surface area contributed by atoms with Gasteiger partial charge in [-0.15, -0.1) is 0 Å². The van der Waals surface area contributed by atoms with Crippen LogP contribution in [0.2, 0.25) is 0 Å². The Hall–Kier alpha value is -2.38. The van der Waals surface area contributed by atoms with Crippen LogP contribution in [0.25, 0.3) is 0 Å². The van der Waals surface area contributed by atoms with Crippen molar-refractivity contribution in [2.45, 2.75) is 20.3 Å². The van der Waals surface area contributed by atoms with E-state index < -0.39 is 12.3 Å². The molecule has 1 N–H and O–H groups in total. The second-order valence-corrected chi connectivity index (χ2v) is 4.33. The zero-order valence-electron chi connectivity index (χ0n) is 11.2. The van der Waals surface area contributed by atoms with E-state index in [9.17, 15) is 13.6 Å². The molecule has 1 aromatic heterocycles. The highest BCUT2D eigenvalue weighted by Crippen LogP contribution is 2.26. The standard InChI is InChI=1S/C12H13F2N5O/c1-6-7(2)9(5-4-8(6)10(13)14)11(20)15-12-16-17-18-19(12)3/h4-5,10H,1-3H3,(H,15,16,18,20). The third-order valence-corrected chi connectivity index (χ3v) is 3.15. The summed E-state index contributed by atoms with van der Waals surface area (Å²) in [7, 11) is 1.58. The molecular formula is C12H13F2N5O. The summed E-state index contributed by atoms with van der Waals surface area (Å²) in [5.74, 6) is -0.255. The summed E-state index contributed by atoms with van der Waals surface area (Å²) >= 11 is 0. The number of halogens is 2. The Kier molecular flexibility index (Phi) is 3.73. The highest BCUT2D eigenvalue weighted by atomic mass is 19.3. The number of aryl methyl sites for hydroxylation is 1. The van der Waals surface area contributed by atoms with Crippen LogP contribution in [0.3, 0.4) is 0 Å². The van der Waals surface area contributed by atoms with Crippen molar-refractivity contribution in [3.05, 3.63) is 34.4 Å². The topological polar surface area (TPSA) is 72.7 Å². The van der Waals surface area contributed by atoms with Crippen molar-refractivity contribution >= 4 is 11.9 Å². The number of aromatic nitrogens is 4. The number of carbonyl (C=O) groups is 1. The Labute approximate surface area is 113 Å². The lowest BCUT2D eigenvalue weighted by Gasteiger charge is -2.12. The number of carbonyl (C=O) groups excluding carboxylic acids is 1. The molecule has 1 heterocycles. The van der Waals surface area contributed by atoms with E-state index in [4.69, 9.17) is 0 Å². The number of anilines is 1. The smallest absolute Gasteiger partial charge is 0.264 e. The summed E-state index contributed by atoms with van der Waals surface area (Å²) in [6.45, 7) is 3.20. The number of hydrogen-bond acceptors (Lipinski definition) is 4. The molecular weight excluding hydrogens is 268 g/mol.